The minimum absolute atomic E-state index is 0.00539. The molecule has 1 atom stereocenters. The number of benzene rings is 1. The Bertz CT molecular complexity index is 602. The van der Waals surface area contributed by atoms with Crippen molar-refractivity contribution in [2.45, 2.75) is 5.72 Å². The molecule has 5 nitrogen and oxygen atoms in total. The van der Waals surface area contributed by atoms with E-state index in [1.54, 1.807) is 30.3 Å². The monoisotopic (exact) mass is 304 g/mol. The molecule has 1 aromatic carbocycles. The lowest BCUT2D eigenvalue weighted by atomic mass is 9.96. The van der Waals surface area contributed by atoms with Crippen LogP contribution in [0.5, 0.6) is 0 Å². The number of carbonyl (C=O) groups is 1. The number of ether oxygens (including phenoxy) is 1. The molecule has 0 aliphatic carbocycles. The maximum absolute atomic E-state index is 12.4. The highest BCUT2D eigenvalue weighted by atomic mass is 32.1. The first-order valence-electron chi connectivity index (χ1n) is 6.35. The van der Waals surface area contributed by atoms with Gasteiger partial charge in [-0.1, -0.05) is 36.9 Å². The smallest absolute Gasteiger partial charge is 0.365 e. The first-order chi connectivity index (χ1) is 10.1. The molecule has 1 heterocycles. The van der Waals surface area contributed by atoms with Crippen LogP contribution in [0.1, 0.15) is 5.56 Å². The van der Waals surface area contributed by atoms with Gasteiger partial charge in [0.05, 0.1) is 0 Å². The van der Waals surface area contributed by atoms with E-state index < -0.39 is 11.7 Å². The highest BCUT2D eigenvalue weighted by Crippen LogP contribution is 2.37. The van der Waals surface area contributed by atoms with Gasteiger partial charge in [0.15, 0.2) is 5.11 Å². The second-order valence-corrected chi connectivity index (χ2v) is 4.82. The zero-order valence-corrected chi connectivity index (χ0v) is 12.2. The Morgan fingerprint density at radius 3 is 2.81 bits per heavy atom. The zero-order valence-electron chi connectivity index (χ0n) is 11.4. The van der Waals surface area contributed by atoms with Gasteiger partial charge < -0.3 is 20.1 Å². The van der Waals surface area contributed by atoms with Gasteiger partial charge >= 0.3 is 5.97 Å². The molecule has 1 aliphatic rings. The van der Waals surface area contributed by atoms with E-state index in [2.05, 4.69) is 18.5 Å². The fourth-order valence-electron chi connectivity index (χ4n) is 2.17. The predicted molar refractivity (Wildman–Crippen MR) is 84.6 cm³/mol. The lowest BCUT2D eigenvalue weighted by Gasteiger charge is -2.43. The summed E-state index contributed by atoms with van der Waals surface area (Å²) in [7, 11) is 0. The van der Waals surface area contributed by atoms with Crippen molar-refractivity contribution in [3.05, 3.63) is 55.1 Å². The third-order valence-electron chi connectivity index (χ3n) is 3.11. The topological polar surface area (TPSA) is 61.8 Å². The third kappa shape index (κ3) is 2.55. The fourth-order valence-corrected chi connectivity index (χ4v) is 2.49. The second kappa shape index (κ2) is 6.07. The summed E-state index contributed by atoms with van der Waals surface area (Å²) in [6, 6.07) is 6.90. The largest absolute Gasteiger partial charge is 0.458 e. The van der Waals surface area contributed by atoms with Gasteiger partial charge in [-0.25, -0.2) is 4.79 Å². The van der Waals surface area contributed by atoms with E-state index in [-0.39, 0.29) is 18.3 Å². The molecule has 0 radical (unpaired) electrons. The molecule has 2 N–H and O–H groups in total. The minimum Gasteiger partial charge on any atom is -0.458 e. The van der Waals surface area contributed by atoms with Crippen LogP contribution in [-0.2, 0) is 15.3 Å². The Labute approximate surface area is 128 Å². The van der Waals surface area contributed by atoms with Crippen LogP contribution in [0, 0.1) is 0 Å². The molecule has 0 amide bonds. The average molecular weight is 304 g/mol. The number of hydrogen-bond acceptors (Lipinski definition) is 4. The lowest BCUT2D eigenvalue weighted by molar-refractivity contribution is -0.182. The Hall–Kier alpha value is -2.18. The maximum atomic E-state index is 12.4. The van der Waals surface area contributed by atoms with Crippen molar-refractivity contribution in [1.82, 2.24) is 4.90 Å². The molecule has 0 unspecified atom stereocenters. The Balaban J connectivity index is 2.53. The van der Waals surface area contributed by atoms with Crippen LogP contribution >= 0.6 is 12.2 Å². The number of thiocarbonyl (C=S) groups is 1. The average Bonchev–Trinajstić information content (AvgIpc) is 2.49. The molecule has 1 aromatic rings. The summed E-state index contributed by atoms with van der Waals surface area (Å²) in [6.07, 6.45) is 2.98. The van der Waals surface area contributed by atoms with Crippen LogP contribution in [0.15, 0.2) is 49.6 Å². The number of aliphatic hydroxyl groups is 1. The standard InChI is InChI=1S/C15H16N2O3S/c1-3-9-17-14(21)16-12-8-6-5-7-11(12)15(17,19)13(18)20-10-4-2/h3-8,19H,1-2,9-10H2,(H,16,21)/t15-/m0/s1. The molecular formula is C15H16N2O3S. The minimum atomic E-state index is -1.99. The number of esters is 1. The van der Waals surface area contributed by atoms with Gasteiger partial charge in [0.25, 0.3) is 5.72 Å². The van der Waals surface area contributed by atoms with E-state index in [1.165, 1.54) is 11.0 Å². The molecule has 0 fully saturated rings. The number of fused-ring (bicyclic) bond motifs is 1. The molecule has 0 spiro atoms. The molecule has 21 heavy (non-hydrogen) atoms. The Kier molecular flexibility index (Phi) is 4.40. The van der Waals surface area contributed by atoms with E-state index in [0.29, 0.717) is 11.3 Å². The third-order valence-corrected chi connectivity index (χ3v) is 3.43. The first-order valence-corrected chi connectivity index (χ1v) is 6.76. The van der Waals surface area contributed by atoms with Crippen molar-refractivity contribution >= 4 is 29.0 Å². The van der Waals surface area contributed by atoms with E-state index in [0.717, 1.165) is 0 Å². The molecule has 1 aliphatic heterocycles. The summed E-state index contributed by atoms with van der Waals surface area (Å²) in [5.74, 6) is -0.805. The summed E-state index contributed by atoms with van der Waals surface area (Å²) in [5.41, 5.74) is -1.04. The predicted octanol–water partition coefficient (Wildman–Crippen LogP) is 1.76. The fraction of sp³-hybridized carbons (Fsp3) is 0.200. The van der Waals surface area contributed by atoms with Crippen molar-refractivity contribution < 1.29 is 14.6 Å². The van der Waals surface area contributed by atoms with Crippen LogP contribution < -0.4 is 5.32 Å². The van der Waals surface area contributed by atoms with Gasteiger partial charge in [-0.15, -0.1) is 6.58 Å². The number of rotatable bonds is 5. The van der Waals surface area contributed by atoms with Gasteiger partial charge in [0, 0.05) is 17.8 Å². The Morgan fingerprint density at radius 2 is 2.14 bits per heavy atom. The molecule has 6 heteroatoms. The number of nitrogens with zero attached hydrogens (tertiary/aromatic N) is 1. The molecule has 2 rings (SSSR count). The van der Waals surface area contributed by atoms with Crippen LogP contribution in [0.2, 0.25) is 0 Å². The number of anilines is 1. The molecule has 0 saturated heterocycles. The van der Waals surface area contributed by atoms with Crippen molar-refractivity contribution in [2.24, 2.45) is 0 Å². The summed E-state index contributed by atoms with van der Waals surface area (Å²) in [4.78, 5) is 13.7. The van der Waals surface area contributed by atoms with E-state index >= 15 is 0 Å². The van der Waals surface area contributed by atoms with Crippen molar-refractivity contribution in [2.75, 3.05) is 18.5 Å². The van der Waals surface area contributed by atoms with Gasteiger partial charge in [0.2, 0.25) is 0 Å². The Morgan fingerprint density at radius 1 is 1.43 bits per heavy atom. The summed E-state index contributed by atoms with van der Waals surface area (Å²) in [6.45, 7) is 7.31. The van der Waals surface area contributed by atoms with Crippen molar-refractivity contribution in [3.63, 3.8) is 0 Å². The number of nitrogens with one attached hydrogen (secondary N) is 1. The molecular weight excluding hydrogens is 288 g/mol. The second-order valence-electron chi connectivity index (χ2n) is 4.43. The number of para-hydroxylation sites is 1. The van der Waals surface area contributed by atoms with Crippen LogP contribution in [0.25, 0.3) is 0 Å². The van der Waals surface area contributed by atoms with Crippen LogP contribution in [0.4, 0.5) is 5.69 Å². The van der Waals surface area contributed by atoms with Gasteiger partial charge in [-0.2, -0.15) is 0 Å². The zero-order chi connectivity index (χ0) is 15.5. The highest BCUT2D eigenvalue weighted by molar-refractivity contribution is 7.80. The molecule has 0 saturated carbocycles. The normalized spacial score (nSPS) is 20.2. The van der Waals surface area contributed by atoms with Gasteiger partial charge in [-0.05, 0) is 18.3 Å². The molecule has 0 aromatic heterocycles. The summed E-state index contributed by atoms with van der Waals surface area (Å²) >= 11 is 5.23. The van der Waals surface area contributed by atoms with Crippen molar-refractivity contribution in [1.29, 1.82) is 0 Å². The summed E-state index contributed by atoms with van der Waals surface area (Å²) < 4.78 is 5.05. The van der Waals surface area contributed by atoms with Crippen LogP contribution in [0.3, 0.4) is 0 Å². The van der Waals surface area contributed by atoms with E-state index in [1.807, 2.05) is 0 Å². The van der Waals surface area contributed by atoms with E-state index in [4.69, 9.17) is 17.0 Å². The molecule has 110 valence electrons. The highest BCUT2D eigenvalue weighted by Gasteiger charge is 2.50. The van der Waals surface area contributed by atoms with E-state index in [9.17, 15) is 9.90 Å². The molecule has 0 bridgehead atoms. The SMILES string of the molecule is C=CCOC(=O)[C@@]1(O)c2ccccc2NC(=S)N1CC=C. The maximum Gasteiger partial charge on any atom is 0.365 e. The van der Waals surface area contributed by atoms with Crippen LogP contribution in [-0.4, -0.2) is 34.2 Å². The van der Waals surface area contributed by atoms with Gasteiger partial charge in [0.1, 0.15) is 6.61 Å². The first kappa shape index (κ1) is 15.2. The quantitative estimate of drug-likeness (QED) is 0.491. The number of hydrogen-bond donors (Lipinski definition) is 2. The van der Waals surface area contributed by atoms with Gasteiger partial charge in [-0.3, -0.25) is 0 Å². The lowest BCUT2D eigenvalue weighted by Crippen LogP contribution is -2.59. The number of carbonyl (C=O) groups excluding carboxylic acids is 1. The van der Waals surface area contributed by atoms with Crippen molar-refractivity contribution in [3.8, 4) is 0 Å². The summed E-state index contributed by atoms with van der Waals surface area (Å²) in [5, 5.41) is 14.2.